The van der Waals surface area contributed by atoms with E-state index in [1.807, 2.05) is 42.5 Å². The summed E-state index contributed by atoms with van der Waals surface area (Å²) in [6.07, 6.45) is 0. The van der Waals surface area contributed by atoms with Crippen molar-refractivity contribution in [3.63, 3.8) is 0 Å². The summed E-state index contributed by atoms with van der Waals surface area (Å²) >= 11 is 0. The lowest BCUT2D eigenvalue weighted by molar-refractivity contribution is -0.384. The summed E-state index contributed by atoms with van der Waals surface area (Å²) in [6.45, 7) is 0. The van der Waals surface area contributed by atoms with Gasteiger partial charge in [0.1, 0.15) is 0 Å². The van der Waals surface area contributed by atoms with Crippen LogP contribution in [0.1, 0.15) is 0 Å². The minimum Gasteiger partial charge on any atom is -0.258 e. The summed E-state index contributed by atoms with van der Waals surface area (Å²) in [7, 11) is 0. The first-order valence-electron chi connectivity index (χ1n) is 7.39. The first kappa shape index (κ1) is 13.5. The van der Waals surface area contributed by atoms with E-state index in [2.05, 4.69) is 24.3 Å². The van der Waals surface area contributed by atoms with Crippen LogP contribution in [0.25, 0.3) is 32.7 Å². The van der Waals surface area contributed by atoms with Gasteiger partial charge in [-0.2, -0.15) is 0 Å². The molecule has 110 valence electrons. The molecule has 4 rings (SSSR count). The van der Waals surface area contributed by atoms with Crippen LogP contribution in [0.3, 0.4) is 0 Å². The Hall–Kier alpha value is -3.20. The minimum atomic E-state index is -0.324. The molecule has 0 radical (unpaired) electrons. The minimum absolute atomic E-state index is 0.133. The van der Waals surface area contributed by atoms with Crippen LogP contribution in [-0.4, -0.2) is 4.92 Å². The van der Waals surface area contributed by atoms with E-state index in [1.54, 1.807) is 12.1 Å². The molecule has 23 heavy (non-hydrogen) atoms. The van der Waals surface area contributed by atoms with Crippen molar-refractivity contribution in [3.05, 3.63) is 89.0 Å². The zero-order valence-corrected chi connectivity index (χ0v) is 12.3. The van der Waals surface area contributed by atoms with Crippen LogP contribution in [0.15, 0.2) is 78.9 Å². The summed E-state index contributed by atoms with van der Waals surface area (Å²) in [5.41, 5.74) is 1.67. The van der Waals surface area contributed by atoms with E-state index >= 15 is 0 Å². The fourth-order valence-corrected chi connectivity index (χ4v) is 3.06. The lowest BCUT2D eigenvalue weighted by atomic mass is 9.95. The van der Waals surface area contributed by atoms with Gasteiger partial charge >= 0.3 is 0 Å². The maximum Gasteiger partial charge on any atom is 0.277 e. The predicted molar refractivity (Wildman–Crippen MR) is 93.5 cm³/mol. The van der Waals surface area contributed by atoms with Gasteiger partial charge in [-0.1, -0.05) is 54.6 Å². The van der Waals surface area contributed by atoms with Crippen molar-refractivity contribution < 1.29 is 4.92 Å². The number of nitrogens with zero attached hydrogens (tertiary/aromatic N) is 1. The summed E-state index contributed by atoms with van der Waals surface area (Å²) in [5, 5.41) is 15.8. The first-order valence-corrected chi connectivity index (χ1v) is 7.39. The topological polar surface area (TPSA) is 43.1 Å². The van der Waals surface area contributed by atoms with Crippen LogP contribution in [0.5, 0.6) is 0 Å². The maximum absolute atomic E-state index is 11.3. The molecule has 0 saturated carbocycles. The SMILES string of the molecule is O=[N+]([O-])c1ccccc1-c1cccc2cc3ccccc3cc12. The van der Waals surface area contributed by atoms with Gasteiger partial charge in [-0.3, -0.25) is 10.1 Å². The number of hydrogen-bond acceptors (Lipinski definition) is 2. The van der Waals surface area contributed by atoms with E-state index < -0.39 is 0 Å². The highest BCUT2D eigenvalue weighted by molar-refractivity contribution is 6.05. The number of rotatable bonds is 2. The Balaban J connectivity index is 2.08. The third-order valence-electron chi connectivity index (χ3n) is 4.14. The van der Waals surface area contributed by atoms with Gasteiger partial charge in [0.25, 0.3) is 5.69 Å². The average Bonchev–Trinajstić information content (AvgIpc) is 2.59. The molecule has 0 unspecified atom stereocenters. The van der Waals surface area contributed by atoms with Crippen molar-refractivity contribution in [2.45, 2.75) is 0 Å². The van der Waals surface area contributed by atoms with E-state index in [-0.39, 0.29) is 10.6 Å². The quantitative estimate of drug-likeness (QED) is 0.276. The molecule has 0 N–H and O–H groups in total. The van der Waals surface area contributed by atoms with Crippen LogP contribution >= 0.6 is 0 Å². The Labute approximate surface area is 133 Å². The highest BCUT2D eigenvalue weighted by Gasteiger charge is 2.16. The molecular formula is C20H13NO2. The molecule has 3 nitrogen and oxygen atoms in total. The Morgan fingerprint density at radius 3 is 2.04 bits per heavy atom. The fourth-order valence-electron chi connectivity index (χ4n) is 3.06. The Kier molecular flexibility index (Phi) is 3.05. The van der Waals surface area contributed by atoms with Crippen LogP contribution in [0.2, 0.25) is 0 Å². The summed E-state index contributed by atoms with van der Waals surface area (Å²) in [6, 6.07) is 25.2. The number of benzene rings is 4. The standard InChI is InChI=1S/C20H13NO2/c22-21(23)20-11-4-3-9-18(20)17-10-5-8-16-12-14-6-1-2-7-15(14)13-19(16)17/h1-13H. The van der Waals surface area contributed by atoms with Crippen LogP contribution < -0.4 is 0 Å². The zero-order chi connectivity index (χ0) is 15.8. The van der Waals surface area contributed by atoms with Crippen molar-refractivity contribution in [2.24, 2.45) is 0 Å². The lowest BCUT2D eigenvalue weighted by Crippen LogP contribution is -1.92. The second-order valence-corrected chi connectivity index (χ2v) is 5.50. The number of fused-ring (bicyclic) bond motifs is 2. The Morgan fingerprint density at radius 1 is 0.652 bits per heavy atom. The van der Waals surface area contributed by atoms with E-state index in [9.17, 15) is 10.1 Å². The molecule has 4 aromatic carbocycles. The third kappa shape index (κ3) is 2.23. The Morgan fingerprint density at radius 2 is 1.26 bits per heavy atom. The Bertz CT molecular complexity index is 1050. The fraction of sp³-hybridized carbons (Fsp3) is 0. The summed E-state index contributed by atoms with van der Waals surface area (Å²) < 4.78 is 0. The number of nitro groups is 1. The molecule has 0 fully saturated rings. The van der Waals surface area contributed by atoms with Crippen LogP contribution in [0.4, 0.5) is 5.69 Å². The molecule has 0 heterocycles. The van der Waals surface area contributed by atoms with Crippen molar-refractivity contribution in [2.75, 3.05) is 0 Å². The van der Waals surface area contributed by atoms with Crippen molar-refractivity contribution >= 4 is 27.2 Å². The summed E-state index contributed by atoms with van der Waals surface area (Å²) in [4.78, 5) is 11.0. The first-order chi connectivity index (χ1) is 11.2. The predicted octanol–water partition coefficient (Wildman–Crippen LogP) is 5.57. The molecule has 0 bridgehead atoms. The monoisotopic (exact) mass is 299 g/mol. The molecule has 0 aliphatic carbocycles. The smallest absolute Gasteiger partial charge is 0.258 e. The van der Waals surface area contributed by atoms with Gasteiger partial charge in [-0.15, -0.1) is 0 Å². The molecule has 0 atom stereocenters. The molecular weight excluding hydrogens is 286 g/mol. The van der Waals surface area contributed by atoms with E-state index in [0.717, 1.165) is 21.7 Å². The molecule has 0 aliphatic heterocycles. The third-order valence-corrected chi connectivity index (χ3v) is 4.14. The van der Waals surface area contributed by atoms with E-state index in [1.165, 1.54) is 5.39 Å². The highest BCUT2D eigenvalue weighted by Crippen LogP contribution is 2.36. The van der Waals surface area contributed by atoms with Gasteiger partial charge in [0.05, 0.1) is 10.5 Å². The highest BCUT2D eigenvalue weighted by atomic mass is 16.6. The largest absolute Gasteiger partial charge is 0.277 e. The normalized spacial score (nSPS) is 11.0. The molecule has 0 amide bonds. The average molecular weight is 299 g/mol. The molecule has 0 saturated heterocycles. The van der Waals surface area contributed by atoms with Gasteiger partial charge in [-0.25, -0.2) is 0 Å². The molecule has 4 aromatic rings. The van der Waals surface area contributed by atoms with Crippen molar-refractivity contribution in [1.82, 2.24) is 0 Å². The van der Waals surface area contributed by atoms with Gasteiger partial charge < -0.3 is 0 Å². The van der Waals surface area contributed by atoms with Gasteiger partial charge in [0, 0.05) is 6.07 Å². The van der Waals surface area contributed by atoms with Crippen molar-refractivity contribution in [3.8, 4) is 11.1 Å². The van der Waals surface area contributed by atoms with Crippen LogP contribution in [0, 0.1) is 10.1 Å². The van der Waals surface area contributed by atoms with Gasteiger partial charge in [-0.05, 0) is 45.3 Å². The number of nitro benzene ring substituents is 1. The number of para-hydroxylation sites is 1. The lowest BCUT2D eigenvalue weighted by Gasteiger charge is -2.09. The van der Waals surface area contributed by atoms with Gasteiger partial charge in [0.15, 0.2) is 0 Å². The van der Waals surface area contributed by atoms with E-state index in [4.69, 9.17) is 0 Å². The molecule has 0 aliphatic rings. The second-order valence-electron chi connectivity index (χ2n) is 5.50. The number of hydrogen-bond donors (Lipinski definition) is 0. The zero-order valence-electron chi connectivity index (χ0n) is 12.3. The molecule has 3 heteroatoms. The van der Waals surface area contributed by atoms with Gasteiger partial charge in [0.2, 0.25) is 0 Å². The molecule has 0 aromatic heterocycles. The van der Waals surface area contributed by atoms with Crippen LogP contribution in [-0.2, 0) is 0 Å². The maximum atomic E-state index is 11.3. The van der Waals surface area contributed by atoms with E-state index in [0.29, 0.717) is 5.56 Å². The molecule has 0 spiro atoms. The van der Waals surface area contributed by atoms with Crippen molar-refractivity contribution in [1.29, 1.82) is 0 Å². The summed E-state index contributed by atoms with van der Waals surface area (Å²) in [5.74, 6) is 0. The second kappa shape index (κ2) is 5.21.